The molecule has 1 heterocycles. The highest BCUT2D eigenvalue weighted by atomic mass is 16.6. The van der Waals surface area contributed by atoms with Gasteiger partial charge in [-0.15, -0.1) is 0 Å². The van der Waals surface area contributed by atoms with Crippen molar-refractivity contribution in [1.29, 1.82) is 0 Å². The number of benzene rings is 1. The van der Waals surface area contributed by atoms with E-state index in [-0.39, 0.29) is 28.6 Å². The molecule has 0 radical (unpaired) electrons. The molecule has 0 spiro atoms. The van der Waals surface area contributed by atoms with Crippen LogP contribution in [0.1, 0.15) is 20.8 Å². The van der Waals surface area contributed by atoms with E-state index in [0.29, 0.717) is 5.39 Å². The molecule has 2 rings (SSSR count). The average Bonchev–Trinajstić information content (AvgIpc) is 2.47. The van der Waals surface area contributed by atoms with Crippen molar-refractivity contribution in [3.63, 3.8) is 0 Å². The molecule has 6 nitrogen and oxygen atoms in total. The van der Waals surface area contributed by atoms with E-state index in [1.54, 1.807) is 13.8 Å². The molecule has 1 aromatic heterocycles. The normalized spacial score (nSPS) is 10.6. The predicted molar refractivity (Wildman–Crippen MR) is 83.4 cm³/mol. The summed E-state index contributed by atoms with van der Waals surface area (Å²) < 4.78 is 15.5. The van der Waals surface area contributed by atoms with Crippen molar-refractivity contribution in [1.82, 2.24) is 0 Å². The zero-order valence-corrected chi connectivity index (χ0v) is 13.0. The number of hydrogen-bond acceptors (Lipinski definition) is 6. The minimum Gasteiger partial charge on any atom is -0.423 e. The first-order valence-electron chi connectivity index (χ1n) is 6.95. The zero-order valence-electron chi connectivity index (χ0n) is 13.0. The van der Waals surface area contributed by atoms with Gasteiger partial charge in [0, 0.05) is 23.1 Å². The van der Waals surface area contributed by atoms with E-state index in [0.717, 1.165) is 0 Å². The van der Waals surface area contributed by atoms with Crippen LogP contribution in [0.4, 0.5) is 0 Å². The molecule has 0 saturated carbocycles. The second kappa shape index (κ2) is 6.48. The fourth-order valence-corrected chi connectivity index (χ4v) is 1.65. The van der Waals surface area contributed by atoms with Crippen molar-refractivity contribution in [2.75, 3.05) is 0 Å². The summed E-state index contributed by atoms with van der Waals surface area (Å²) in [4.78, 5) is 34.9. The van der Waals surface area contributed by atoms with Gasteiger partial charge in [-0.05, 0) is 19.1 Å². The van der Waals surface area contributed by atoms with E-state index >= 15 is 0 Å². The summed E-state index contributed by atoms with van der Waals surface area (Å²) >= 11 is 0. The molecule has 0 unspecified atom stereocenters. The molecule has 0 aliphatic heterocycles. The van der Waals surface area contributed by atoms with Crippen molar-refractivity contribution in [3.8, 4) is 11.5 Å². The Bertz CT molecular complexity index is 844. The van der Waals surface area contributed by atoms with Crippen LogP contribution in [0.2, 0.25) is 0 Å². The molecule has 0 saturated heterocycles. The van der Waals surface area contributed by atoms with Crippen LogP contribution >= 0.6 is 0 Å². The van der Waals surface area contributed by atoms with Crippen molar-refractivity contribution in [2.24, 2.45) is 5.92 Å². The van der Waals surface area contributed by atoms with Crippen LogP contribution in [0.25, 0.3) is 11.0 Å². The molecule has 0 fully saturated rings. The van der Waals surface area contributed by atoms with Crippen LogP contribution in [0.5, 0.6) is 11.5 Å². The van der Waals surface area contributed by atoms with Crippen molar-refractivity contribution >= 4 is 22.9 Å². The average molecular weight is 316 g/mol. The maximum Gasteiger partial charge on any atom is 0.338 e. The van der Waals surface area contributed by atoms with E-state index in [2.05, 4.69) is 6.58 Å². The topological polar surface area (TPSA) is 82.8 Å². The maximum absolute atomic E-state index is 11.8. The monoisotopic (exact) mass is 316 g/mol. The third-order valence-corrected chi connectivity index (χ3v) is 2.92. The Kier molecular flexibility index (Phi) is 4.64. The van der Waals surface area contributed by atoms with Gasteiger partial charge < -0.3 is 13.9 Å². The highest BCUT2D eigenvalue weighted by molar-refractivity contribution is 5.91. The second-order valence-corrected chi connectivity index (χ2v) is 5.34. The Morgan fingerprint density at radius 2 is 1.78 bits per heavy atom. The number of rotatable bonds is 4. The van der Waals surface area contributed by atoms with Gasteiger partial charge in [0.2, 0.25) is 0 Å². The molecule has 0 amide bonds. The summed E-state index contributed by atoms with van der Waals surface area (Å²) in [5, 5.41) is 0.526. The smallest absolute Gasteiger partial charge is 0.338 e. The third kappa shape index (κ3) is 3.85. The molecule has 6 heteroatoms. The maximum atomic E-state index is 11.8. The zero-order chi connectivity index (χ0) is 17.1. The van der Waals surface area contributed by atoms with E-state index in [9.17, 15) is 14.4 Å². The molecular weight excluding hydrogens is 300 g/mol. The lowest BCUT2D eigenvalue weighted by Crippen LogP contribution is -2.16. The van der Waals surface area contributed by atoms with Gasteiger partial charge in [-0.2, -0.15) is 0 Å². The SMILES string of the molecule is C=C(C)C(=O)Oc1cc2ccc(=O)oc2cc1OC(=O)C(C)C. The van der Waals surface area contributed by atoms with Crippen LogP contribution in [-0.4, -0.2) is 11.9 Å². The van der Waals surface area contributed by atoms with E-state index in [4.69, 9.17) is 13.9 Å². The Hall–Kier alpha value is -2.89. The van der Waals surface area contributed by atoms with Gasteiger partial charge in [0.1, 0.15) is 5.58 Å². The van der Waals surface area contributed by atoms with Crippen LogP contribution in [0.3, 0.4) is 0 Å². The molecular formula is C17H16O6. The van der Waals surface area contributed by atoms with Crippen molar-refractivity contribution in [2.45, 2.75) is 20.8 Å². The minimum atomic E-state index is -0.649. The van der Waals surface area contributed by atoms with Crippen LogP contribution in [-0.2, 0) is 9.59 Å². The highest BCUT2D eigenvalue weighted by Crippen LogP contribution is 2.33. The lowest BCUT2D eigenvalue weighted by Gasteiger charge is -2.12. The molecule has 2 aromatic rings. The van der Waals surface area contributed by atoms with Crippen molar-refractivity contribution in [3.05, 3.63) is 46.8 Å². The number of hydrogen-bond donors (Lipinski definition) is 0. The molecule has 0 aliphatic rings. The summed E-state index contributed by atoms with van der Waals surface area (Å²) in [6, 6.07) is 5.57. The molecule has 0 bridgehead atoms. The highest BCUT2D eigenvalue weighted by Gasteiger charge is 2.18. The van der Waals surface area contributed by atoms with Crippen molar-refractivity contribution < 1.29 is 23.5 Å². The van der Waals surface area contributed by atoms with Gasteiger partial charge in [-0.3, -0.25) is 4.79 Å². The van der Waals surface area contributed by atoms with Crippen LogP contribution < -0.4 is 15.1 Å². The van der Waals surface area contributed by atoms with Gasteiger partial charge in [0.05, 0.1) is 5.92 Å². The number of carbonyl (C=O) groups is 2. The molecule has 120 valence electrons. The van der Waals surface area contributed by atoms with Gasteiger partial charge in [-0.1, -0.05) is 20.4 Å². The summed E-state index contributed by atoms with van der Waals surface area (Å²) in [7, 11) is 0. The number of carbonyl (C=O) groups excluding carboxylic acids is 2. The fourth-order valence-electron chi connectivity index (χ4n) is 1.65. The summed E-state index contributed by atoms with van der Waals surface area (Å²) in [6.45, 7) is 8.34. The predicted octanol–water partition coefficient (Wildman–Crippen LogP) is 2.84. The first kappa shape index (κ1) is 16.5. The number of esters is 2. The second-order valence-electron chi connectivity index (χ2n) is 5.34. The number of ether oxygens (including phenoxy) is 2. The van der Waals surface area contributed by atoms with E-state index in [1.807, 2.05) is 0 Å². The first-order valence-corrected chi connectivity index (χ1v) is 6.95. The number of fused-ring (bicyclic) bond motifs is 1. The lowest BCUT2D eigenvalue weighted by molar-refractivity contribution is -0.138. The van der Waals surface area contributed by atoms with Gasteiger partial charge in [0.15, 0.2) is 11.5 Å². The fraction of sp³-hybridized carbons (Fsp3) is 0.235. The summed E-state index contributed by atoms with van der Waals surface area (Å²) in [5.74, 6) is -1.48. The molecule has 0 aliphatic carbocycles. The molecule has 0 N–H and O–H groups in total. The van der Waals surface area contributed by atoms with Crippen LogP contribution in [0, 0.1) is 5.92 Å². The molecule has 1 aromatic carbocycles. The summed E-state index contributed by atoms with van der Waals surface area (Å²) in [5.41, 5.74) is -0.115. The van der Waals surface area contributed by atoms with E-state index < -0.39 is 17.6 Å². The first-order chi connectivity index (χ1) is 10.8. The van der Waals surface area contributed by atoms with Gasteiger partial charge in [-0.25, -0.2) is 9.59 Å². The summed E-state index contributed by atoms with van der Waals surface area (Å²) in [6.07, 6.45) is 0. The molecule has 0 atom stereocenters. The Morgan fingerprint density at radius 1 is 1.13 bits per heavy atom. The van der Waals surface area contributed by atoms with Gasteiger partial charge in [0.25, 0.3) is 0 Å². The Balaban J connectivity index is 2.53. The third-order valence-electron chi connectivity index (χ3n) is 2.92. The standard InChI is InChI=1S/C17H16O6/c1-9(2)16(19)22-13-7-11-5-6-15(18)21-12(11)8-14(13)23-17(20)10(3)4/h5-8,10H,1H2,2-4H3. The lowest BCUT2D eigenvalue weighted by atomic mass is 10.2. The Morgan fingerprint density at radius 3 is 2.39 bits per heavy atom. The minimum absolute atomic E-state index is 0.000139. The molecule has 23 heavy (non-hydrogen) atoms. The quantitative estimate of drug-likeness (QED) is 0.373. The van der Waals surface area contributed by atoms with E-state index in [1.165, 1.54) is 31.2 Å². The van der Waals surface area contributed by atoms with Gasteiger partial charge >= 0.3 is 17.6 Å². The Labute approximate surface area is 132 Å². The largest absolute Gasteiger partial charge is 0.423 e. The van der Waals surface area contributed by atoms with Crippen LogP contribution in [0.15, 0.2) is 45.6 Å².